The Morgan fingerprint density at radius 2 is 2.60 bits per heavy atom. The van der Waals surface area contributed by atoms with Gasteiger partial charge in [-0.2, -0.15) is 0 Å². The van der Waals surface area contributed by atoms with E-state index in [-0.39, 0.29) is 0 Å². The molecule has 0 aromatic heterocycles. The summed E-state index contributed by atoms with van der Waals surface area (Å²) in [6.45, 7) is 2.64. The second kappa shape index (κ2) is 4.31. The van der Waals surface area contributed by atoms with Gasteiger partial charge in [0.25, 0.3) is 0 Å². The minimum atomic E-state index is 0.684. The average Bonchev–Trinajstić information content (AvgIpc) is 2.03. The van der Waals surface area contributed by atoms with E-state index in [1.807, 2.05) is 6.92 Å². The number of rotatable bonds is 2. The van der Waals surface area contributed by atoms with E-state index >= 15 is 0 Å². The van der Waals surface area contributed by atoms with E-state index in [0.29, 0.717) is 6.61 Å². The molecule has 0 bridgehead atoms. The molecule has 2 nitrogen and oxygen atoms in total. The molecule has 0 N–H and O–H groups in total. The molecule has 2 heteroatoms. The van der Waals surface area contributed by atoms with Gasteiger partial charge in [0.05, 0.1) is 5.71 Å². The van der Waals surface area contributed by atoms with Crippen LogP contribution in [0.1, 0.15) is 32.6 Å². The van der Waals surface area contributed by atoms with Crippen molar-refractivity contribution in [3.63, 3.8) is 0 Å². The SMILES string of the molecule is CCO/N=C1/C[CH]CCC1. The molecule has 0 unspecified atom stereocenters. The molecule has 1 aliphatic rings. The number of hydrogen-bond acceptors (Lipinski definition) is 2. The minimum absolute atomic E-state index is 0.684. The van der Waals surface area contributed by atoms with Gasteiger partial charge in [-0.25, -0.2) is 0 Å². The Morgan fingerprint density at radius 3 is 3.20 bits per heavy atom. The van der Waals surface area contributed by atoms with Crippen molar-refractivity contribution in [3.05, 3.63) is 6.42 Å². The summed E-state index contributed by atoms with van der Waals surface area (Å²) in [5, 5.41) is 3.99. The lowest BCUT2D eigenvalue weighted by Gasteiger charge is -2.10. The third kappa shape index (κ3) is 2.38. The molecule has 0 saturated heterocycles. The molecule has 0 aromatic carbocycles. The molecule has 0 atom stereocenters. The van der Waals surface area contributed by atoms with E-state index in [1.54, 1.807) is 0 Å². The van der Waals surface area contributed by atoms with Gasteiger partial charge in [0.2, 0.25) is 0 Å². The van der Waals surface area contributed by atoms with E-state index in [2.05, 4.69) is 11.6 Å². The molecule has 1 fully saturated rings. The van der Waals surface area contributed by atoms with Gasteiger partial charge in [-0.1, -0.05) is 5.16 Å². The highest BCUT2D eigenvalue weighted by atomic mass is 16.6. The normalized spacial score (nSPS) is 23.1. The fourth-order valence-electron chi connectivity index (χ4n) is 1.06. The predicted molar refractivity (Wildman–Crippen MR) is 41.8 cm³/mol. The van der Waals surface area contributed by atoms with Crippen LogP contribution in [0.15, 0.2) is 5.16 Å². The summed E-state index contributed by atoms with van der Waals surface area (Å²) in [6.07, 6.45) is 6.90. The summed E-state index contributed by atoms with van der Waals surface area (Å²) in [5.41, 5.74) is 1.20. The van der Waals surface area contributed by atoms with E-state index in [0.717, 1.165) is 12.8 Å². The Labute approximate surface area is 62.3 Å². The van der Waals surface area contributed by atoms with Crippen LogP contribution in [-0.2, 0) is 4.84 Å². The van der Waals surface area contributed by atoms with E-state index < -0.39 is 0 Å². The van der Waals surface area contributed by atoms with Crippen LogP contribution >= 0.6 is 0 Å². The molecule has 1 aliphatic carbocycles. The van der Waals surface area contributed by atoms with Gasteiger partial charge in [-0.05, 0) is 39.0 Å². The number of hydrogen-bond donors (Lipinski definition) is 0. The maximum Gasteiger partial charge on any atom is 0.114 e. The highest BCUT2D eigenvalue weighted by Gasteiger charge is 2.06. The quantitative estimate of drug-likeness (QED) is 0.538. The molecule has 0 spiro atoms. The molecule has 10 heavy (non-hydrogen) atoms. The third-order valence-corrected chi connectivity index (χ3v) is 1.58. The largest absolute Gasteiger partial charge is 0.396 e. The highest BCUT2D eigenvalue weighted by Crippen LogP contribution is 2.13. The minimum Gasteiger partial charge on any atom is -0.396 e. The summed E-state index contributed by atoms with van der Waals surface area (Å²) < 4.78 is 0. The molecule has 0 amide bonds. The van der Waals surface area contributed by atoms with Crippen LogP contribution in [0.5, 0.6) is 0 Å². The van der Waals surface area contributed by atoms with Crippen LogP contribution in [0.25, 0.3) is 0 Å². The van der Waals surface area contributed by atoms with Crippen molar-refractivity contribution in [3.8, 4) is 0 Å². The van der Waals surface area contributed by atoms with Crippen molar-refractivity contribution in [1.29, 1.82) is 0 Å². The standard InChI is InChI=1S/C8H14NO/c1-2-10-9-8-6-4-3-5-7-8/h4H,2-3,5-7H2,1H3/b9-8-. The topological polar surface area (TPSA) is 21.6 Å². The molecule has 1 saturated carbocycles. The van der Waals surface area contributed by atoms with E-state index in [1.165, 1.54) is 18.6 Å². The van der Waals surface area contributed by atoms with Crippen LogP contribution in [-0.4, -0.2) is 12.3 Å². The highest BCUT2D eigenvalue weighted by molar-refractivity contribution is 5.85. The molecule has 0 aliphatic heterocycles. The number of oxime groups is 1. The zero-order chi connectivity index (χ0) is 7.23. The fourth-order valence-corrected chi connectivity index (χ4v) is 1.06. The van der Waals surface area contributed by atoms with Crippen molar-refractivity contribution in [2.24, 2.45) is 5.16 Å². The Hall–Kier alpha value is -0.530. The van der Waals surface area contributed by atoms with Crippen LogP contribution in [0.3, 0.4) is 0 Å². The summed E-state index contributed by atoms with van der Waals surface area (Å²) in [4.78, 5) is 4.94. The molecular formula is C8H14NO. The summed E-state index contributed by atoms with van der Waals surface area (Å²) in [5.74, 6) is 0. The van der Waals surface area contributed by atoms with E-state index in [9.17, 15) is 0 Å². The zero-order valence-electron chi connectivity index (χ0n) is 6.47. The van der Waals surface area contributed by atoms with E-state index in [4.69, 9.17) is 4.84 Å². The first-order valence-electron chi connectivity index (χ1n) is 3.93. The number of nitrogens with zero attached hydrogens (tertiary/aromatic N) is 1. The van der Waals surface area contributed by atoms with Gasteiger partial charge in [-0.3, -0.25) is 0 Å². The van der Waals surface area contributed by atoms with Gasteiger partial charge in [0.15, 0.2) is 0 Å². The van der Waals surface area contributed by atoms with Crippen molar-refractivity contribution >= 4 is 5.71 Å². The van der Waals surface area contributed by atoms with Crippen molar-refractivity contribution in [2.45, 2.75) is 32.6 Å². The lowest BCUT2D eigenvalue weighted by molar-refractivity contribution is 0.157. The summed E-state index contributed by atoms with van der Waals surface area (Å²) >= 11 is 0. The Balaban J connectivity index is 2.23. The van der Waals surface area contributed by atoms with Crippen molar-refractivity contribution < 1.29 is 4.84 Å². The Morgan fingerprint density at radius 1 is 1.70 bits per heavy atom. The fraction of sp³-hybridized carbons (Fsp3) is 0.750. The maximum atomic E-state index is 4.94. The lowest BCUT2D eigenvalue weighted by atomic mass is 9.99. The first kappa shape index (κ1) is 7.58. The first-order valence-corrected chi connectivity index (χ1v) is 3.93. The smallest absolute Gasteiger partial charge is 0.114 e. The maximum absolute atomic E-state index is 4.94. The second-order valence-electron chi connectivity index (χ2n) is 2.46. The molecule has 0 heterocycles. The molecule has 0 aromatic rings. The van der Waals surface area contributed by atoms with Crippen LogP contribution in [0.4, 0.5) is 0 Å². The van der Waals surface area contributed by atoms with Crippen molar-refractivity contribution in [1.82, 2.24) is 0 Å². The van der Waals surface area contributed by atoms with Crippen LogP contribution in [0.2, 0.25) is 0 Å². The zero-order valence-corrected chi connectivity index (χ0v) is 6.47. The van der Waals surface area contributed by atoms with Gasteiger partial charge >= 0.3 is 0 Å². The molecule has 57 valence electrons. The van der Waals surface area contributed by atoms with Gasteiger partial charge < -0.3 is 4.84 Å². The monoisotopic (exact) mass is 140 g/mol. The third-order valence-electron chi connectivity index (χ3n) is 1.58. The van der Waals surface area contributed by atoms with Gasteiger partial charge in [0, 0.05) is 0 Å². The average molecular weight is 140 g/mol. The molecule has 1 rings (SSSR count). The second-order valence-corrected chi connectivity index (χ2v) is 2.46. The Kier molecular flexibility index (Phi) is 3.27. The Bertz CT molecular complexity index is 112. The molecular weight excluding hydrogens is 126 g/mol. The first-order chi connectivity index (χ1) is 4.93. The van der Waals surface area contributed by atoms with Crippen molar-refractivity contribution in [2.75, 3.05) is 6.61 Å². The van der Waals surface area contributed by atoms with Gasteiger partial charge in [-0.15, -0.1) is 0 Å². The predicted octanol–water partition coefficient (Wildman–Crippen LogP) is 2.16. The lowest BCUT2D eigenvalue weighted by Crippen LogP contribution is -2.05. The summed E-state index contributed by atoms with van der Waals surface area (Å²) in [6, 6.07) is 0. The molecule has 1 radical (unpaired) electrons. The van der Waals surface area contributed by atoms with Crippen LogP contribution < -0.4 is 0 Å². The van der Waals surface area contributed by atoms with Gasteiger partial charge in [0.1, 0.15) is 6.61 Å². The van der Waals surface area contributed by atoms with Crippen LogP contribution in [0, 0.1) is 6.42 Å². The summed E-state index contributed by atoms with van der Waals surface area (Å²) in [7, 11) is 0.